The zero-order chi connectivity index (χ0) is 23.5. The van der Waals surface area contributed by atoms with Crippen molar-refractivity contribution in [2.75, 3.05) is 11.8 Å². The number of carbonyl (C=O) groups is 2. The van der Waals surface area contributed by atoms with Gasteiger partial charge in [0.15, 0.2) is 11.0 Å². The first-order valence-corrected chi connectivity index (χ1v) is 11.3. The number of carbonyl (C=O) groups excluding carboxylic acids is 2. The highest BCUT2D eigenvalue weighted by Crippen LogP contribution is 2.30. The van der Waals surface area contributed by atoms with E-state index in [-0.39, 0.29) is 27.0 Å². The standard InChI is InChI=1S/C24H18ClFN2O4S/c1-32-17-6-2-14(3-7-17)13-27-24(30)16-5-9-21-18(12-16)23(29)22(33(31)28-21)11-15-4-8-20(26)19(25)10-15/h2-12,28H,13H2,1H3,(H,27,30)/b22-11-. The third kappa shape index (κ3) is 4.97. The summed E-state index contributed by atoms with van der Waals surface area (Å²) in [5.41, 5.74) is 2.18. The number of rotatable bonds is 5. The van der Waals surface area contributed by atoms with E-state index in [9.17, 15) is 18.2 Å². The van der Waals surface area contributed by atoms with E-state index in [1.807, 2.05) is 12.1 Å². The Balaban J connectivity index is 1.55. The van der Waals surface area contributed by atoms with Crippen LogP contribution in [-0.2, 0) is 17.5 Å². The quantitative estimate of drug-likeness (QED) is 0.513. The molecule has 1 heterocycles. The van der Waals surface area contributed by atoms with Crippen molar-refractivity contribution in [1.29, 1.82) is 0 Å². The van der Waals surface area contributed by atoms with Gasteiger partial charge in [0.1, 0.15) is 16.5 Å². The summed E-state index contributed by atoms with van der Waals surface area (Å²) in [6.07, 6.45) is 1.39. The van der Waals surface area contributed by atoms with Gasteiger partial charge >= 0.3 is 0 Å². The number of ketones is 1. The molecular formula is C24H18ClFN2O4S. The van der Waals surface area contributed by atoms with Gasteiger partial charge in [-0.2, -0.15) is 0 Å². The highest BCUT2D eigenvalue weighted by atomic mass is 35.5. The van der Waals surface area contributed by atoms with Crippen molar-refractivity contribution in [2.24, 2.45) is 0 Å². The summed E-state index contributed by atoms with van der Waals surface area (Å²) in [7, 11) is -0.239. The highest BCUT2D eigenvalue weighted by molar-refractivity contribution is 7.91. The van der Waals surface area contributed by atoms with Crippen molar-refractivity contribution in [3.05, 3.63) is 98.7 Å². The molecule has 0 saturated heterocycles. The molecule has 3 aromatic rings. The van der Waals surface area contributed by atoms with Crippen molar-refractivity contribution >= 4 is 46.0 Å². The monoisotopic (exact) mass is 484 g/mol. The van der Waals surface area contributed by atoms with E-state index in [2.05, 4.69) is 10.0 Å². The summed E-state index contributed by atoms with van der Waals surface area (Å²) in [4.78, 5) is 25.7. The molecular weight excluding hydrogens is 467 g/mol. The van der Waals surface area contributed by atoms with E-state index in [1.54, 1.807) is 31.4 Å². The number of amides is 1. The molecule has 0 bridgehead atoms. The fraction of sp³-hybridized carbons (Fsp3) is 0.0833. The second-order valence-electron chi connectivity index (χ2n) is 7.17. The van der Waals surface area contributed by atoms with Crippen LogP contribution in [0, 0.1) is 5.82 Å². The van der Waals surface area contributed by atoms with Crippen molar-refractivity contribution in [1.82, 2.24) is 5.32 Å². The fourth-order valence-electron chi connectivity index (χ4n) is 3.23. The molecule has 0 spiro atoms. The van der Waals surface area contributed by atoms with Crippen LogP contribution >= 0.6 is 11.6 Å². The van der Waals surface area contributed by atoms with E-state index < -0.39 is 22.6 Å². The normalized spacial score (nSPS) is 16.2. The Bertz CT molecular complexity index is 1310. The summed E-state index contributed by atoms with van der Waals surface area (Å²) in [6, 6.07) is 15.8. The van der Waals surface area contributed by atoms with Gasteiger partial charge < -0.3 is 14.8 Å². The number of methoxy groups -OCH3 is 1. The maximum absolute atomic E-state index is 13.4. The molecule has 0 saturated carbocycles. The highest BCUT2D eigenvalue weighted by Gasteiger charge is 2.28. The number of anilines is 1. The zero-order valence-electron chi connectivity index (χ0n) is 17.4. The number of allylic oxidation sites excluding steroid dienone is 1. The second kappa shape index (κ2) is 9.56. The first-order valence-electron chi connectivity index (χ1n) is 9.81. The predicted molar refractivity (Wildman–Crippen MR) is 126 cm³/mol. The summed E-state index contributed by atoms with van der Waals surface area (Å²) < 4.78 is 33.9. The Labute approximate surface area is 197 Å². The molecule has 0 radical (unpaired) electrons. The van der Waals surface area contributed by atoms with Crippen LogP contribution in [0.5, 0.6) is 5.75 Å². The molecule has 168 valence electrons. The Morgan fingerprint density at radius 2 is 1.91 bits per heavy atom. The molecule has 1 aliphatic rings. The van der Waals surface area contributed by atoms with Gasteiger partial charge in [0.25, 0.3) is 5.91 Å². The molecule has 9 heteroatoms. The van der Waals surface area contributed by atoms with Gasteiger partial charge in [-0.1, -0.05) is 29.8 Å². The molecule has 2 N–H and O–H groups in total. The third-order valence-corrected chi connectivity index (χ3v) is 6.40. The van der Waals surface area contributed by atoms with Crippen LogP contribution in [0.15, 0.2) is 65.6 Å². The Kier molecular flexibility index (Phi) is 6.57. The van der Waals surface area contributed by atoms with Crippen LogP contribution in [0.3, 0.4) is 0 Å². The van der Waals surface area contributed by atoms with Gasteiger partial charge in [-0.15, -0.1) is 0 Å². The molecule has 0 aliphatic carbocycles. The van der Waals surface area contributed by atoms with Gasteiger partial charge in [0.2, 0.25) is 5.78 Å². The maximum atomic E-state index is 13.4. The van der Waals surface area contributed by atoms with E-state index in [1.165, 1.54) is 24.3 Å². The minimum absolute atomic E-state index is 0.0269. The number of hydrogen-bond donors (Lipinski definition) is 2. The predicted octanol–water partition coefficient (Wildman–Crippen LogP) is 4.73. The largest absolute Gasteiger partial charge is 0.497 e. The van der Waals surface area contributed by atoms with Crippen molar-refractivity contribution in [2.45, 2.75) is 6.54 Å². The zero-order valence-corrected chi connectivity index (χ0v) is 18.9. The third-order valence-electron chi connectivity index (χ3n) is 5.01. The van der Waals surface area contributed by atoms with Gasteiger partial charge in [-0.3, -0.25) is 9.59 Å². The van der Waals surface area contributed by atoms with Gasteiger partial charge in [-0.25, -0.2) is 8.60 Å². The fourth-order valence-corrected chi connectivity index (χ4v) is 4.43. The van der Waals surface area contributed by atoms with Gasteiger partial charge in [0, 0.05) is 17.7 Å². The van der Waals surface area contributed by atoms with Crippen LogP contribution in [-0.4, -0.2) is 23.0 Å². The number of halogens is 2. The minimum Gasteiger partial charge on any atom is -0.497 e. The molecule has 1 aliphatic heterocycles. The number of fused-ring (bicyclic) bond motifs is 1. The topological polar surface area (TPSA) is 84.5 Å². The van der Waals surface area contributed by atoms with E-state index >= 15 is 0 Å². The smallest absolute Gasteiger partial charge is 0.251 e. The number of Topliss-reactive ketones (excluding diaryl/α,β-unsaturated/α-hetero) is 1. The maximum Gasteiger partial charge on any atom is 0.251 e. The molecule has 1 atom stereocenters. The lowest BCUT2D eigenvalue weighted by Crippen LogP contribution is -2.25. The van der Waals surface area contributed by atoms with E-state index in [4.69, 9.17) is 16.3 Å². The van der Waals surface area contributed by atoms with E-state index in [0.29, 0.717) is 17.8 Å². The Morgan fingerprint density at radius 3 is 2.61 bits per heavy atom. The van der Waals surface area contributed by atoms with Crippen LogP contribution in [0.25, 0.3) is 6.08 Å². The summed E-state index contributed by atoms with van der Waals surface area (Å²) in [6.45, 7) is 0.298. The minimum atomic E-state index is -1.82. The lowest BCUT2D eigenvalue weighted by Gasteiger charge is -2.19. The first-order chi connectivity index (χ1) is 15.9. The van der Waals surface area contributed by atoms with Crippen LogP contribution < -0.4 is 14.8 Å². The molecule has 3 aromatic carbocycles. The molecule has 4 rings (SSSR count). The molecule has 1 unspecified atom stereocenters. The molecule has 33 heavy (non-hydrogen) atoms. The molecule has 6 nitrogen and oxygen atoms in total. The van der Waals surface area contributed by atoms with Gasteiger partial charge in [0.05, 0.1) is 17.8 Å². The van der Waals surface area contributed by atoms with E-state index in [0.717, 1.165) is 17.4 Å². The number of benzene rings is 3. The number of ether oxygens (including phenoxy) is 1. The lowest BCUT2D eigenvalue weighted by molar-refractivity contribution is 0.0951. The Hall–Kier alpha value is -3.49. The average Bonchev–Trinajstić information content (AvgIpc) is 2.82. The van der Waals surface area contributed by atoms with Crippen LogP contribution in [0.2, 0.25) is 5.02 Å². The Morgan fingerprint density at radius 1 is 1.15 bits per heavy atom. The number of nitrogens with one attached hydrogen (secondary N) is 2. The van der Waals surface area contributed by atoms with Crippen LogP contribution in [0.1, 0.15) is 31.8 Å². The molecule has 0 fully saturated rings. The van der Waals surface area contributed by atoms with Gasteiger partial charge in [-0.05, 0) is 59.7 Å². The van der Waals surface area contributed by atoms with Crippen molar-refractivity contribution in [3.63, 3.8) is 0 Å². The summed E-state index contributed by atoms with van der Waals surface area (Å²) >= 11 is 5.80. The van der Waals surface area contributed by atoms with Crippen molar-refractivity contribution < 1.29 is 22.9 Å². The van der Waals surface area contributed by atoms with Crippen LogP contribution in [0.4, 0.5) is 10.1 Å². The van der Waals surface area contributed by atoms with Crippen molar-refractivity contribution in [3.8, 4) is 5.75 Å². The lowest BCUT2D eigenvalue weighted by atomic mass is 10.0. The average molecular weight is 485 g/mol. The SMILES string of the molecule is COc1ccc(CNC(=O)c2ccc3c(c2)C(=O)/C(=C/c2ccc(F)c(Cl)c2)S(=O)N3)cc1. The summed E-state index contributed by atoms with van der Waals surface area (Å²) in [5.74, 6) is -0.727. The summed E-state index contributed by atoms with van der Waals surface area (Å²) in [5, 5.41) is 2.70. The second-order valence-corrected chi connectivity index (χ2v) is 8.76. The number of hydrogen-bond acceptors (Lipinski definition) is 4. The molecule has 0 aromatic heterocycles. The molecule has 1 amide bonds. The first kappa shape index (κ1) is 22.7.